The van der Waals surface area contributed by atoms with Crippen molar-refractivity contribution in [2.45, 2.75) is 45.3 Å². The highest BCUT2D eigenvalue weighted by molar-refractivity contribution is 5.94. The van der Waals surface area contributed by atoms with Crippen molar-refractivity contribution in [1.29, 1.82) is 0 Å². The van der Waals surface area contributed by atoms with Gasteiger partial charge in [0, 0.05) is 13.2 Å². The average molecular weight is 254 g/mol. The predicted molar refractivity (Wildman–Crippen MR) is 66.9 cm³/mol. The number of ether oxygens (including phenoxy) is 1. The van der Waals surface area contributed by atoms with Crippen LogP contribution in [0.2, 0.25) is 0 Å². The first-order chi connectivity index (χ1) is 8.58. The highest BCUT2D eigenvalue weighted by atomic mass is 16.5. The molecule has 2 heterocycles. The van der Waals surface area contributed by atoms with Crippen molar-refractivity contribution in [1.82, 2.24) is 10.2 Å². The SMILES string of the molecule is CC(C)C1NC(=O)CN(CCC2CCCO2)C1=O. The number of nitrogens with zero attached hydrogens (tertiary/aromatic N) is 1. The number of rotatable bonds is 4. The third-order valence-corrected chi connectivity index (χ3v) is 3.64. The number of carbonyl (C=O) groups excluding carboxylic acids is 2. The molecular formula is C13H22N2O3. The summed E-state index contributed by atoms with van der Waals surface area (Å²) in [6, 6.07) is -0.365. The largest absolute Gasteiger partial charge is 0.378 e. The lowest BCUT2D eigenvalue weighted by Crippen LogP contribution is -2.60. The van der Waals surface area contributed by atoms with Crippen LogP contribution >= 0.6 is 0 Å². The summed E-state index contributed by atoms with van der Waals surface area (Å²) in [5.41, 5.74) is 0. The molecule has 5 heteroatoms. The van der Waals surface area contributed by atoms with Gasteiger partial charge in [0.25, 0.3) is 0 Å². The molecule has 2 amide bonds. The molecule has 5 nitrogen and oxygen atoms in total. The van der Waals surface area contributed by atoms with Crippen molar-refractivity contribution in [3.05, 3.63) is 0 Å². The summed E-state index contributed by atoms with van der Waals surface area (Å²) in [6.45, 7) is 5.54. The highest BCUT2D eigenvalue weighted by Gasteiger charge is 2.34. The van der Waals surface area contributed by atoms with Crippen LogP contribution in [0.5, 0.6) is 0 Å². The van der Waals surface area contributed by atoms with Gasteiger partial charge < -0.3 is 15.0 Å². The Hall–Kier alpha value is -1.10. The van der Waals surface area contributed by atoms with Gasteiger partial charge in [-0.05, 0) is 25.2 Å². The molecule has 0 spiro atoms. The number of piperazine rings is 1. The summed E-state index contributed by atoms with van der Waals surface area (Å²) in [5, 5.41) is 2.76. The maximum atomic E-state index is 12.2. The molecule has 2 atom stereocenters. The molecule has 1 N–H and O–H groups in total. The van der Waals surface area contributed by atoms with E-state index in [2.05, 4.69) is 5.32 Å². The van der Waals surface area contributed by atoms with E-state index in [9.17, 15) is 9.59 Å². The van der Waals surface area contributed by atoms with Crippen LogP contribution in [-0.2, 0) is 14.3 Å². The average Bonchev–Trinajstić information content (AvgIpc) is 2.82. The Bertz CT molecular complexity index is 324. The number of hydrogen-bond acceptors (Lipinski definition) is 3. The molecule has 2 rings (SSSR count). The van der Waals surface area contributed by atoms with Gasteiger partial charge in [-0.3, -0.25) is 9.59 Å². The third kappa shape index (κ3) is 3.02. The van der Waals surface area contributed by atoms with Crippen molar-refractivity contribution < 1.29 is 14.3 Å². The molecule has 0 saturated carbocycles. The fourth-order valence-electron chi connectivity index (χ4n) is 2.54. The number of hydrogen-bond donors (Lipinski definition) is 1. The van der Waals surface area contributed by atoms with Crippen LogP contribution in [0.1, 0.15) is 33.1 Å². The Labute approximate surface area is 108 Å². The van der Waals surface area contributed by atoms with E-state index in [0.717, 1.165) is 25.9 Å². The van der Waals surface area contributed by atoms with E-state index in [1.54, 1.807) is 4.90 Å². The van der Waals surface area contributed by atoms with E-state index in [0.29, 0.717) is 6.54 Å². The first kappa shape index (κ1) is 13.3. The van der Waals surface area contributed by atoms with Gasteiger partial charge in [-0.2, -0.15) is 0 Å². The molecule has 2 saturated heterocycles. The molecule has 102 valence electrons. The summed E-state index contributed by atoms with van der Waals surface area (Å²) in [7, 11) is 0. The Morgan fingerprint density at radius 3 is 2.83 bits per heavy atom. The molecule has 2 unspecified atom stereocenters. The first-order valence-electron chi connectivity index (χ1n) is 6.77. The van der Waals surface area contributed by atoms with Crippen LogP contribution < -0.4 is 5.32 Å². The minimum absolute atomic E-state index is 0.0441. The van der Waals surface area contributed by atoms with Gasteiger partial charge in [-0.15, -0.1) is 0 Å². The second-order valence-electron chi connectivity index (χ2n) is 5.47. The van der Waals surface area contributed by atoms with Gasteiger partial charge in [0.05, 0.1) is 12.6 Å². The Kier molecular flexibility index (Phi) is 4.22. The molecule has 0 aromatic heterocycles. The van der Waals surface area contributed by atoms with Gasteiger partial charge in [0.1, 0.15) is 6.04 Å². The summed E-state index contributed by atoms with van der Waals surface area (Å²) < 4.78 is 5.54. The van der Waals surface area contributed by atoms with Crippen molar-refractivity contribution in [2.75, 3.05) is 19.7 Å². The molecular weight excluding hydrogens is 232 g/mol. The summed E-state index contributed by atoms with van der Waals surface area (Å²) in [6.07, 6.45) is 3.28. The predicted octanol–water partition coefficient (Wildman–Crippen LogP) is 0.538. The van der Waals surface area contributed by atoms with Crippen molar-refractivity contribution in [3.8, 4) is 0 Å². The Morgan fingerprint density at radius 1 is 1.44 bits per heavy atom. The molecule has 2 aliphatic rings. The normalized spacial score (nSPS) is 28.9. The van der Waals surface area contributed by atoms with Gasteiger partial charge >= 0.3 is 0 Å². The Balaban J connectivity index is 1.89. The van der Waals surface area contributed by atoms with E-state index >= 15 is 0 Å². The van der Waals surface area contributed by atoms with E-state index < -0.39 is 0 Å². The topological polar surface area (TPSA) is 58.6 Å². The van der Waals surface area contributed by atoms with Crippen molar-refractivity contribution in [2.24, 2.45) is 5.92 Å². The van der Waals surface area contributed by atoms with Crippen molar-refractivity contribution >= 4 is 11.8 Å². The lowest BCUT2D eigenvalue weighted by molar-refractivity contribution is -0.145. The molecule has 0 aromatic rings. The lowest BCUT2D eigenvalue weighted by Gasteiger charge is -2.34. The maximum Gasteiger partial charge on any atom is 0.245 e. The summed E-state index contributed by atoms with van der Waals surface area (Å²) in [4.78, 5) is 25.5. The number of carbonyl (C=O) groups is 2. The van der Waals surface area contributed by atoms with Crippen LogP contribution in [0, 0.1) is 5.92 Å². The van der Waals surface area contributed by atoms with Gasteiger partial charge in [-0.25, -0.2) is 0 Å². The molecule has 0 aliphatic carbocycles. The standard InChI is InChI=1S/C13H22N2O3/c1-9(2)12-13(17)15(8-11(16)14-12)6-5-10-4-3-7-18-10/h9-10,12H,3-8H2,1-2H3,(H,14,16). The summed E-state index contributed by atoms with van der Waals surface area (Å²) in [5.74, 6) is 0.121. The van der Waals surface area contributed by atoms with Crippen LogP contribution in [0.3, 0.4) is 0 Å². The van der Waals surface area contributed by atoms with E-state index in [1.165, 1.54) is 0 Å². The highest BCUT2D eigenvalue weighted by Crippen LogP contribution is 2.17. The molecule has 2 aliphatic heterocycles. The lowest BCUT2D eigenvalue weighted by atomic mass is 10.0. The molecule has 0 radical (unpaired) electrons. The minimum Gasteiger partial charge on any atom is -0.378 e. The van der Waals surface area contributed by atoms with E-state index in [-0.39, 0.29) is 36.4 Å². The Morgan fingerprint density at radius 2 is 2.22 bits per heavy atom. The second kappa shape index (κ2) is 5.69. The minimum atomic E-state index is -0.365. The zero-order valence-electron chi connectivity index (χ0n) is 11.1. The second-order valence-corrected chi connectivity index (χ2v) is 5.47. The zero-order valence-corrected chi connectivity index (χ0v) is 11.1. The van der Waals surface area contributed by atoms with E-state index in [1.807, 2.05) is 13.8 Å². The molecule has 18 heavy (non-hydrogen) atoms. The van der Waals surface area contributed by atoms with E-state index in [4.69, 9.17) is 4.74 Å². The molecule has 2 fully saturated rings. The number of nitrogens with one attached hydrogen (secondary N) is 1. The molecule has 0 aromatic carbocycles. The fourth-order valence-corrected chi connectivity index (χ4v) is 2.54. The zero-order chi connectivity index (χ0) is 13.1. The molecule has 0 bridgehead atoms. The van der Waals surface area contributed by atoms with Crippen LogP contribution in [0.4, 0.5) is 0 Å². The van der Waals surface area contributed by atoms with Crippen LogP contribution in [0.25, 0.3) is 0 Å². The maximum absolute atomic E-state index is 12.2. The fraction of sp³-hybridized carbons (Fsp3) is 0.846. The van der Waals surface area contributed by atoms with Gasteiger partial charge in [-0.1, -0.05) is 13.8 Å². The first-order valence-corrected chi connectivity index (χ1v) is 6.77. The smallest absolute Gasteiger partial charge is 0.245 e. The van der Waals surface area contributed by atoms with Crippen molar-refractivity contribution in [3.63, 3.8) is 0 Å². The summed E-state index contributed by atoms with van der Waals surface area (Å²) >= 11 is 0. The third-order valence-electron chi connectivity index (χ3n) is 3.64. The van der Waals surface area contributed by atoms with Gasteiger partial charge in [0.2, 0.25) is 11.8 Å². The number of amides is 2. The monoisotopic (exact) mass is 254 g/mol. The van der Waals surface area contributed by atoms with Crippen LogP contribution in [-0.4, -0.2) is 48.6 Å². The quantitative estimate of drug-likeness (QED) is 0.796. The van der Waals surface area contributed by atoms with Crippen LogP contribution in [0.15, 0.2) is 0 Å². The van der Waals surface area contributed by atoms with Gasteiger partial charge in [0.15, 0.2) is 0 Å².